The maximum atomic E-state index is 13.7. The number of hydrogen-bond donors (Lipinski definition) is 2. The molecule has 1 amide bonds. The number of carbonyl (C=O) groups is 1. The van der Waals surface area contributed by atoms with E-state index in [1.165, 1.54) is 18.2 Å². The average Bonchev–Trinajstić information content (AvgIpc) is 2.97. The highest BCUT2D eigenvalue weighted by Gasteiger charge is 2.31. The zero-order valence-electron chi connectivity index (χ0n) is 13.4. The van der Waals surface area contributed by atoms with Crippen LogP contribution in [0.3, 0.4) is 0 Å². The first-order valence-corrected chi connectivity index (χ1v) is 9.37. The molecular weight excluding hydrogens is 319 g/mol. The van der Waals surface area contributed by atoms with Crippen LogP contribution >= 0.6 is 0 Å². The van der Waals surface area contributed by atoms with Gasteiger partial charge in [0.2, 0.25) is 15.9 Å². The van der Waals surface area contributed by atoms with E-state index in [1.807, 2.05) is 0 Å². The summed E-state index contributed by atoms with van der Waals surface area (Å²) in [4.78, 5) is 12.0. The Labute approximate surface area is 136 Å². The maximum Gasteiger partial charge on any atom is 0.244 e. The van der Waals surface area contributed by atoms with Gasteiger partial charge in [-0.15, -0.1) is 0 Å². The van der Waals surface area contributed by atoms with Gasteiger partial charge in [-0.05, 0) is 30.9 Å². The maximum absolute atomic E-state index is 13.7. The molecule has 5 nitrogen and oxygen atoms in total. The third kappa shape index (κ3) is 4.51. The Morgan fingerprint density at radius 1 is 1.22 bits per heavy atom. The highest BCUT2D eigenvalue weighted by atomic mass is 32.2. The monoisotopic (exact) mass is 342 g/mol. The fourth-order valence-electron chi connectivity index (χ4n) is 2.75. The van der Waals surface area contributed by atoms with Gasteiger partial charge in [-0.3, -0.25) is 4.79 Å². The minimum atomic E-state index is -4.10. The van der Waals surface area contributed by atoms with Gasteiger partial charge in [0.1, 0.15) is 16.8 Å². The van der Waals surface area contributed by atoms with Crippen LogP contribution in [0, 0.1) is 11.7 Å². The summed E-state index contributed by atoms with van der Waals surface area (Å²) in [6.07, 6.45) is 3.96. The van der Waals surface area contributed by atoms with Crippen LogP contribution in [0.25, 0.3) is 0 Å². The van der Waals surface area contributed by atoms with Crippen LogP contribution in [-0.2, 0) is 14.8 Å². The lowest BCUT2D eigenvalue weighted by Gasteiger charge is -2.23. The Morgan fingerprint density at radius 2 is 1.83 bits per heavy atom. The third-order valence-corrected chi connectivity index (χ3v) is 5.53. The van der Waals surface area contributed by atoms with Crippen LogP contribution in [-0.4, -0.2) is 26.4 Å². The normalized spacial score (nSPS) is 17.4. The van der Waals surface area contributed by atoms with Crippen molar-refractivity contribution < 1.29 is 17.6 Å². The lowest BCUT2D eigenvalue weighted by atomic mass is 10.0. The number of sulfonamides is 1. The molecule has 0 bridgehead atoms. The molecule has 0 aliphatic heterocycles. The van der Waals surface area contributed by atoms with E-state index in [0.29, 0.717) is 0 Å². The van der Waals surface area contributed by atoms with Crippen molar-refractivity contribution >= 4 is 15.9 Å². The Bertz CT molecular complexity index is 655. The number of benzene rings is 1. The number of carbonyl (C=O) groups excluding carboxylic acids is 1. The predicted molar refractivity (Wildman–Crippen MR) is 85.7 cm³/mol. The molecule has 1 atom stereocenters. The number of rotatable bonds is 6. The first-order chi connectivity index (χ1) is 10.8. The van der Waals surface area contributed by atoms with E-state index in [-0.39, 0.29) is 17.9 Å². The highest BCUT2D eigenvalue weighted by molar-refractivity contribution is 7.89. The zero-order valence-corrected chi connectivity index (χ0v) is 14.2. The minimum Gasteiger partial charge on any atom is -0.352 e. The van der Waals surface area contributed by atoms with E-state index in [2.05, 4.69) is 10.0 Å². The average molecular weight is 342 g/mol. The molecule has 1 aromatic rings. The van der Waals surface area contributed by atoms with Crippen molar-refractivity contribution in [3.05, 3.63) is 30.1 Å². The summed E-state index contributed by atoms with van der Waals surface area (Å²) in [6.45, 7) is 3.51. The fourth-order valence-corrected chi connectivity index (χ4v) is 4.17. The second kappa shape index (κ2) is 7.40. The van der Waals surface area contributed by atoms with Gasteiger partial charge >= 0.3 is 0 Å². The summed E-state index contributed by atoms with van der Waals surface area (Å²) in [5.74, 6) is -1.44. The van der Waals surface area contributed by atoms with Gasteiger partial charge in [-0.1, -0.05) is 38.8 Å². The lowest BCUT2D eigenvalue weighted by Crippen LogP contribution is -2.51. The van der Waals surface area contributed by atoms with Gasteiger partial charge in [0.05, 0.1) is 0 Å². The van der Waals surface area contributed by atoms with Gasteiger partial charge in [-0.25, -0.2) is 12.8 Å². The number of amides is 1. The first-order valence-electron chi connectivity index (χ1n) is 7.88. The van der Waals surface area contributed by atoms with Crippen LogP contribution in [0.15, 0.2) is 29.2 Å². The van der Waals surface area contributed by atoms with Crippen LogP contribution in [0.5, 0.6) is 0 Å². The van der Waals surface area contributed by atoms with Crippen molar-refractivity contribution in [2.24, 2.45) is 5.92 Å². The van der Waals surface area contributed by atoms with Crippen molar-refractivity contribution in [2.75, 3.05) is 0 Å². The van der Waals surface area contributed by atoms with Crippen molar-refractivity contribution in [2.45, 2.75) is 56.5 Å². The summed E-state index contributed by atoms with van der Waals surface area (Å²) < 4.78 is 40.8. The summed E-state index contributed by atoms with van der Waals surface area (Å²) in [5, 5.41) is 2.89. The SMILES string of the molecule is CC(C)[C@H](NS(=O)(=O)c1ccccc1F)C(=O)NC1CCCC1. The Morgan fingerprint density at radius 3 is 2.39 bits per heavy atom. The van der Waals surface area contributed by atoms with Crippen molar-refractivity contribution in [3.63, 3.8) is 0 Å². The Hall–Kier alpha value is -1.47. The quantitative estimate of drug-likeness (QED) is 0.832. The molecule has 0 unspecified atom stereocenters. The predicted octanol–water partition coefficient (Wildman–Crippen LogP) is 2.19. The second-order valence-electron chi connectivity index (χ2n) is 6.26. The van der Waals surface area contributed by atoms with E-state index in [0.717, 1.165) is 31.7 Å². The smallest absolute Gasteiger partial charge is 0.244 e. The molecule has 1 aliphatic rings. The Balaban J connectivity index is 2.15. The Kier molecular flexibility index (Phi) is 5.75. The molecule has 23 heavy (non-hydrogen) atoms. The molecule has 0 radical (unpaired) electrons. The first kappa shape index (κ1) is 17.9. The molecule has 0 aromatic heterocycles. The van der Waals surface area contributed by atoms with Gasteiger partial charge in [0.25, 0.3) is 0 Å². The standard InChI is InChI=1S/C16H23FN2O3S/c1-11(2)15(16(20)18-12-7-3-4-8-12)19-23(21,22)14-10-6-5-9-13(14)17/h5-6,9-12,15,19H,3-4,7-8H2,1-2H3,(H,18,20)/t15-/m0/s1. The van der Waals surface area contributed by atoms with Crippen LogP contribution in [0.1, 0.15) is 39.5 Å². The summed E-state index contributed by atoms with van der Waals surface area (Å²) in [5.41, 5.74) is 0. The van der Waals surface area contributed by atoms with Gasteiger partial charge in [0.15, 0.2) is 0 Å². The number of hydrogen-bond acceptors (Lipinski definition) is 3. The van der Waals surface area contributed by atoms with Crippen LogP contribution in [0.2, 0.25) is 0 Å². The van der Waals surface area contributed by atoms with E-state index < -0.39 is 26.8 Å². The molecule has 0 spiro atoms. The van der Waals surface area contributed by atoms with Gasteiger partial charge < -0.3 is 5.32 Å². The van der Waals surface area contributed by atoms with Crippen molar-refractivity contribution in [1.82, 2.24) is 10.0 Å². The number of halogens is 1. The molecule has 1 fully saturated rings. The van der Waals surface area contributed by atoms with E-state index in [4.69, 9.17) is 0 Å². The molecule has 1 aromatic carbocycles. The molecule has 2 rings (SSSR count). The second-order valence-corrected chi connectivity index (χ2v) is 7.95. The molecule has 2 N–H and O–H groups in total. The summed E-state index contributed by atoms with van der Waals surface area (Å²) in [6, 6.07) is 4.30. The van der Waals surface area contributed by atoms with Gasteiger partial charge in [-0.2, -0.15) is 4.72 Å². The van der Waals surface area contributed by atoms with E-state index in [1.54, 1.807) is 13.8 Å². The molecular formula is C16H23FN2O3S. The van der Waals surface area contributed by atoms with Crippen molar-refractivity contribution in [3.8, 4) is 0 Å². The lowest BCUT2D eigenvalue weighted by molar-refractivity contribution is -0.124. The number of nitrogens with one attached hydrogen (secondary N) is 2. The van der Waals surface area contributed by atoms with E-state index >= 15 is 0 Å². The van der Waals surface area contributed by atoms with Crippen LogP contribution in [0.4, 0.5) is 4.39 Å². The zero-order chi connectivity index (χ0) is 17.0. The molecule has 128 valence electrons. The minimum absolute atomic E-state index is 0.0988. The van der Waals surface area contributed by atoms with Crippen LogP contribution < -0.4 is 10.0 Å². The summed E-state index contributed by atoms with van der Waals surface area (Å²) in [7, 11) is -4.10. The molecule has 1 saturated carbocycles. The molecule has 1 aliphatic carbocycles. The van der Waals surface area contributed by atoms with E-state index in [9.17, 15) is 17.6 Å². The highest BCUT2D eigenvalue weighted by Crippen LogP contribution is 2.19. The molecule has 7 heteroatoms. The topological polar surface area (TPSA) is 75.3 Å². The largest absolute Gasteiger partial charge is 0.352 e. The van der Waals surface area contributed by atoms with Crippen molar-refractivity contribution in [1.29, 1.82) is 0 Å². The fraction of sp³-hybridized carbons (Fsp3) is 0.562. The molecule has 0 saturated heterocycles. The van der Waals surface area contributed by atoms with Gasteiger partial charge in [0, 0.05) is 6.04 Å². The third-order valence-electron chi connectivity index (χ3n) is 4.06. The molecule has 0 heterocycles. The summed E-state index contributed by atoms with van der Waals surface area (Å²) >= 11 is 0.